The summed E-state index contributed by atoms with van der Waals surface area (Å²) < 4.78 is 0. The zero-order chi connectivity index (χ0) is 10.1. The Morgan fingerprint density at radius 2 is 2.08 bits per heavy atom. The molecule has 0 radical (unpaired) electrons. The SMILES string of the molecule is BC(C)(CC)c1ccc(C)c(Cl)c1. The van der Waals surface area contributed by atoms with E-state index in [9.17, 15) is 0 Å². The fraction of sp³-hybridized carbons (Fsp3) is 0.455. The van der Waals surface area contributed by atoms with E-state index < -0.39 is 0 Å². The Kier molecular flexibility index (Phi) is 3.07. The lowest BCUT2D eigenvalue weighted by molar-refractivity contribution is 0.649. The molecule has 0 aromatic heterocycles. The molecule has 0 aliphatic rings. The van der Waals surface area contributed by atoms with Crippen LogP contribution in [0.3, 0.4) is 0 Å². The zero-order valence-corrected chi connectivity index (χ0v) is 9.57. The van der Waals surface area contributed by atoms with Gasteiger partial charge in [-0.25, -0.2) is 0 Å². The molecule has 0 spiro atoms. The van der Waals surface area contributed by atoms with Gasteiger partial charge in [-0.15, -0.1) is 0 Å². The van der Waals surface area contributed by atoms with Crippen LogP contribution in [0.2, 0.25) is 5.02 Å². The van der Waals surface area contributed by atoms with Crippen LogP contribution in [0.4, 0.5) is 0 Å². The molecule has 70 valence electrons. The highest BCUT2D eigenvalue weighted by atomic mass is 35.5. The molecule has 0 bridgehead atoms. The molecular formula is C11H16BCl. The predicted molar refractivity (Wildman–Crippen MR) is 62.4 cm³/mol. The minimum atomic E-state index is 0.233. The van der Waals surface area contributed by atoms with Gasteiger partial charge < -0.3 is 0 Å². The van der Waals surface area contributed by atoms with Crippen molar-refractivity contribution in [1.82, 2.24) is 0 Å². The van der Waals surface area contributed by atoms with Crippen LogP contribution in [0.5, 0.6) is 0 Å². The Labute approximate surface area is 86.7 Å². The van der Waals surface area contributed by atoms with Crippen molar-refractivity contribution in [2.24, 2.45) is 0 Å². The maximum Gasteiger partial charge on any atom is 0.114 e. The van der Waals surface area contributed by atoms with Crippen LogP contribution in [0.25, 0.3) is 0 Å². The third-order valence-electron chi connectivity index (χ3n) is 2.84. The fourth-order valence-electron chi connectivity index (χ4n) is 1.22. The van der Waals surface area contributed by atoms with E-state index in [1.165, 1.54) is 5.56 Å². The number of hydrogen-bond donors (Lipinski definition) is 0. The summed E-state index contributed by atoms with van der Waals surface area (Å²) in [6.45, 7) is 6.48. The molecule has 0 aliphatic carbocycles. The summed E-state index contributed by atoms with van der Waals surface area (Å²) in [6.07, 6.45) is 1.13. The quantitative estimate of drug-likeness (QED) is 0.635. The first-order valence-corrected chi connectivity index (χ1v) is 5.12. The van der Waals surface area contributed by atoms with Gasteiger partial charge in [-0.3, -0.25) is 0 Å². The number of rotatable bonds is 2. The van der Waals surface area contributed by atoms with E-state index in [0.717, 1.165) is 17.0 Å². The maximum absolute atomic E-state index is 6.08. The highest BCUT2D eigenvalue weighted by Crippen LogP contribution is 2.27. The summed E-state index contributed by atoms with van der Waals surface area (Å²) >= 11 is 6.08. The highest BCUT2D eigenvalue weighted by molar-refractivity contribution is 6.31. The Bertz CT molecular complexity index is 305. The van der Waals surface area contributed by atoms with Gasteiger partial charge in [0.25, 0.3) is 0 Å². The van der Waals surface area contributed by atoms with Crippen LogP contribution < -0.4 is 0 Å². The second-order valence-corrected chi connectivity index (χ2v) is 4.61. The Morgan fingerprint density at radius 1 is 1.46 bits per heavy atom. The van der Waals surface area contributed by atoms with E-state index in [1.54, 1.807) is 0 Å². The molecular weight excluding hydrogens is 178 g/mol. The molecule has 1 rings (SSSR count). The van der Waals surface area contributed by atoms with Crippen molar-refractivity contribution in [3.8, 4) is 0 Å². The Morgan fingerprint density at radius 3 is 2.54 bits per heavy atom. The van der Waals surface area contributed by atoms with Crippen molar-refractivity contribution in [2.75, 3.05) is 0 Å². The second-order valence-electron chi connectivity index (χ2n) is 4.20. The Hall–Kier alpha value is -0.425. The van der Waals surface area contributed by atoms with Gasteiger partial charge in [-0.2, -0.15) is 0 Å². The fourth-order valence-corrected chi connectivity index (χ4v) is 1.40. The van der Waals surface area contributed by atoms with Crippen molar-refractivity contribution in [3.63, 3.8) is 0 Å². The van der Waals surface area contributed by atoms with E-state index in [4.69, 9.17) is 11.6 Å². The minimum absolute atomic E-state index is 0.233. The van der Waals surface area contributed by atoms with Crippen LogP contribution in [0.1, 0.15) is 31.4 Å². The predicted octanol–water partition coefficient (Wildman–Crippen LogP) is 2.91. The molecule has 0 saturated heterocycles. The van der Waals surface area contributed by atoms with E-state index in [1.807, 2.05) is 6.92 Å². The lowest BCUT2D eigenvalue weighted by Crippen LogP contribution is -2.20. The van der Waals surface area contributed by atoms with Crippen molar-refractivity contribution >= 4 is 19.4 Å². The molecule has 1 atom stereocenters. The first-order chi connectivity index (χ1) is 5.97. The molecule has 0 heterocycles. The molecule has 1 aromatic carbocycles. The molecule has 0 amide bonds. The molecule has 1 aromatic rings. The first kappa shape index (κ1) is 10.7. The lowest BCUT2D eigenvalue weighted by atomic mass is 9.64. The van der Waals surface area contributed by atoms with E-state index in [-0.39, 0.29) is 5.31 Å². The third kappa shape index (κ3) is 2.28. The van der Waals surface area contributed by atoms with E-state index in [0.29, 0.717) is 0 Å². The van der Waals surface area contributed by atoms with Gasteiger partial charge in [0.05, 0.1) is 0 Å². The van der Waals surface area contributed by atoms with Crippen LogP contribution >= 0.6 is 11.6 Å². The van der Waals surface area contributed by atoms with E-state index >= 15 is 0 Å². The summed E-state index contributed by atoms with van der Waals surface area (Å²) in [4.78, 5) is 0. The van der Waals surface area contributed by atoms with E-state index in [2.05, 4.69) is 39.9 Å². The van der Waals surface area contributed by atoms with Crippen LogP contribution in [-0.2, 0) is 5.31 Å². The first-order valence-electron chi connectivity index (χ1n) is 4.74. The average Bonchev–Trinajstić information content (AvgIpc) is 2.09. The molecule has 13 heavy (non-hydrogen) atoms. The summed E-state index contributed by atoms with van der Waals surface area (Å²) in [5, 5.41) is 1.11. The third-order valence-corrected chi connectivity index (χ3v) is 3.24. The van der Waals surface area contributed by atoms with Crippen LogP contribution in [0, 0.1) is 6.92 Å². The smallest absolute Gasteiger partial charge is 0.0840 e. The largest absolute Gasteiger partial charge is 0.114 e. The minimum Gasteiger partial charge on any atom is -0.0840 e. The number of halogens is 1. The zero-order valence-electron chi connectivity index (χ0n) is 8.82. The van der Waals surface area contributed by atoms with Gasteiger partial charge in [0, 0.05) is 5.02 Å². The van der Waals surface area contributed by atoms with Gasteiger partial charge >= 0.3 is 0 Å². The van der Waals surface area contributed by atoms with Crippen molar-refractivity contribution in [3.05, 3.63) is 34.3 Å². The van der Waals surface area contributed by atoms with Gasteiger partial charge in [0.15, 0.2) is 0 Å². The monoisotopic (exact) mass is 194 g/mol. The molecule has 0 aliphatic heterocycles. The summed E-state index contributed by atoms with van der Waals surface area (Å²) in [5.74, 6) is 0. The lowest BCUT2D eigenvalue weighted by Gasteiger charge is -2.23. The van der Waals surface area contributed by atoms with Crippen molar-refractivity contribution < 1.29 is 0 Å². The van der Waals surface area contributed by atoms with Crippen LogP contribution in [-0.4, -0.2) is 7.85 Å². The number of hydrogen-bond acceptors (Lipinski definition) is 0. The van der Waals surface area contributed by atoms with Crippen molar-refractivity contribution in [2.45, 2.75) is 32.5 Å². The standard InChI is InChI=1S/C11H16BCl/c1-4-11(3,12)9-6-5-8(2)10(13)7-9/h5-7H,4,12H2,1-3H3. The van der Waals surface area contributed by atoms with Crippen molar-refractivity contribution in [1.29, 1.82) is 0 Å². The molecule has 0 N–H and O–H groups in total. The van der Waals surface area contributed by atoms with Crippen LogP contribution in [0.15, 0.2) is 18.2 Å². The Balaban J connectivity index is 3.10. The summed E-state index contributed by atoms with van der Waals surface area (Å²) in [7, 11) is 2.24. The molecule has 2 heteroatoms. The van der Waals surface area contributed by atoms with Gasteiger partial charge in [0.1, 0.15) is 7.85 Å². The molecule has 0 fully saturated rings. The average molecular weight is 195 g/mol. The normalized spacial score (nSPS) is 15.4. The summed E-state index contributed by atoms with van der Waals surface area (Å²) in [5.41, 5.74) is 2.47. The van der Waals surface area contributed by atoms with Gasteiger partial charge in [0.2, 0.25) is 0 Å². The summed E-state index contributed by atoms with van der Waals surface area (Å²) in [6, 6.07) is 6.35. The highest BCUT2D eigenvalue weighted by Gasteiger charge is 2.18. The second kappa shape index (κ2) is 3.75. The van der Waals surface area contributed by atoms with Gasteiger partial charge in [-0.1, -0.05) is 44.0 Å². The molecule has 1 unspecified atom stereocenters. The number of aryl methyl sites for hydroxylation is 1. The molecule has 0 nitrogen and oxygen atoms in total. The van der Waals surface area contributed by atoms with Gasteiger partial charge in [-0.05, 0) is 29.4 Å². The number of benzene rings is 1. The maximum atomic E-state index is 6.08. The molecule has 0 saturated carbocycles. The topological polar surface area (TPSA) is 0 Å².